The van der Waals surface area contributed by atoms with E-state index in [4.69, 9.17) is 0 Å². The normalized spacial score (nSPS) is 17.2. The zero-order valence-corrected chi connectivity index (χ0v) is 14.0. The molecule has 0 aliphatic carbocycles. The average Bonchev–Trinajstić information content (AvgIpc) is 2.91. The van der Waals surface area contributed by atoms with Gasteiger partial charge in [-0.15, -0.1) is 0 Å². The highest BCUT2D eigenvalue weighted by Gasteiger charge is 2.38. The van der Waals surface area contributed by atoms with Crippen molar-refractivity contribution in [2.75, 3.05) is 16.8 Å². The van der Waals surface area contributed by atoms with E-state index in [1.54, 1.807) is 6.07 Å². The Hall–Kier alpha value is -2.28. The maximum Gasteiger partial charge on any atom is 0.239 e. The fourth-order valence-corrected chi connectivity index (χ4v) is 2.96. The number of rotatable bonds is 3. The van der Waals surface area contributed by atoms with Crippen LogP contribution in [0, 0.1) is 17.6 Å². The number of hydrogen-bond acceptors (Lipinski definition) is 2. The van der Waals surface area contributed by atoms with E-state index in [1.165, 1.54) is 41.3 Å². The predicted octanol–water partition coefficient (Wildman–Crippen LogP) is 3.72. The molecule has 0 saturated carbocycles. The number of nitrogens with one attached hydrogen (secondary N) is 1. The molecule has 1 aliphatic heterocycles. The van der Waals surface area contributed by atoms with E-state index in [1.807, 2.05) is 0 Å². The van der Waals surface area contributed by atoms with E-state index >= 15 is 0 Å². The fraction of sp³-hybridized carbons (Fsp3) is 0.176. The molecule has 7 heteroatoms. The van der Waals surface area contributed by atoms with Crippen molar-refractivity contribution in [1.29, 1.82) is 0 Å². The summed E-state index contributed by atoms with van der Waals surface area (Å²) in [6.07, 6.45) is 0.293. The molecule has 1 N–H and O–H groups in total. The number of nitrogens with zero attached hydrogens (tertiary/aromatic N) is 1. The van der Waals surface area contributed by atoms with Crippen molar-refractivity contribution in [3.63, 3.8) is 0 Å². The van der Waals surface area contributed by atoms with Crippen LogP contribution in [0.15, 0.2) is 46.9 Å². The maximum atomic E-state index is 14.0. The molecule has 1 fully saturated rings. The second-order valence-electron chi connectivity index (χ2n) is 5.42. The molecule has 124 valence electrons. The Bertz CT molecular complexity index is 796. The van der Waals surface area contributed by atoms with E-state index < -0.39 is 29.4 Å². The van der Waals surface area contributed by atoms with Gasteiger partial charge in [-0.05, 0) is 48.9 Å². The summed E-state index contributed by atoms with van der Waals surface area (Å²) in [6, 6.07) is 9.67. The molecule has 1 atom stereocenters. The van der Waals surface area contributed by atoms with Crippen LogP contribution in [0.2, 0.25) is 0 Å². The molecule has 1 aliphatic rings. The summed E-state index contributed by atoms with van der Waals surface area (Å²) >= 11 is 3.16. The lowest BCUT2D eigenvalue weighted by molar-refractivity contribution is -0.129. The van der Waals surface area contributed by atoms with Crippen molar-refractivity contribution < 1.29 is 18.4 Å². The Kier molecular flexibility index (Phi) is 4.62. The largest absolute Gasteiger partial charge is 0.325 e. The predicted molar refractivity (Wildman–Crippen MR) is 89.6 cm³/mol. The lowest BCUT2D eigenvalue weighted by atomic mass is 10.1. The van der Waals surface area contributed by atoms with Crippen LogP contribution < -0.4 is 10.2 Å². The summed E-state index contributed by atoms with van der Waals surface area (Å²) in [7, 11) is 0. The minimum absolute atomic E-state index is 0.153. The molecule has 0 aromatic heterocycles. The third kappa shape index (κ3) is 3.31. The van der Waals surface area contributed by atoms with Crippen LogP contribution in [0.4, 0.5) is 20.2 Å². The molecule has 0 radical (unpaired) electrons. The molecular formula is C17H13BrF2N2O2. The lowest BCUT2D eigenvalue weighted by Crippen LogP contribution is -2.33. The first-order chi connectivity index (χ1) is 11.5. The summed E-state index contributed by atoms with van der Waals surface area (Å²) < 4.78 is 27.5. The number of carbonyl (C=O) groups is 2. The van der Waals surface area contributed by atoms with Gasteiger partial charge in [0.15, 0.2) is 0 Å². The van der Waals surface area contributed by atoms with E-state index in [2.05, 4.69) is 21.2 Å². The first-order valence-electron chi connectivity index (χ1n) is 7.28. The van der Waals surface area contributed by atoms with Gasteiger partial charge in [-0.3, -0.25) is 9.59 Å². The highest BCUT2D eigenvalue weighted by molar-refractivity contribution is 9.10. The van der Waals surface area contributed by atoms with Crippen molar-refractivity contribution in [1.82, 2.24) is 0 Å². The summed E-state index contributed by atoms with van der Waals surface area (Å²) in [4.78, 5) is 26.0. The molecule has 1 saturated heterocycles. The number of amides is 2. The maximum absolute atomic E-state index is 14.0. The van der Waals surface area contributed by atoms with Gasteiger partial charge in [-0.1, -0.05) is 15.9 Å². The van der Waals surface area contributed by atoms with Crippen LogP contribution in [-0.4, -0.2) is 18.4 Å². The Morgan fingerprint density at radius 2 is 1.88 bits per heavy atom. The quantitative estimate of drug-likeness (QED) is 0.806. The van der Waals surface area contributed by atoms with Crippen molar-refractivity contribution in [2.24, 2.45) is 5.92 Å². The first kappa shape index (κ1) is 16.6. The third-order valence-corrected chi connectivity index (χ3v) is 4.33. The Morgan fingerprint density at radius 1 is 1.17 bits per heavy atom. The monoisotopic (exact) mass is 394 g/mol. The molecule has 1 heterocycles. The summed E-state index contributed by atoms with van der Waals surface area (Å²) in [6.45, 7) is 0.263. The number of benzene rings is 2. The van der Waals surface area contributed by atoms with Crippen molar-refractivity contribution >= 4 is 39.1 Å². The summed E-state index contributed by atoms with van der Waals surface area (Å²) in [5.74, 6) is -2.76. The van der Waals surface area contributed by atoms with Crippen LogP contribution in [0.1, 0.15) is 6.42 Å². The number of carbonyl (C=O) groups excluding carboxylic acids is 2. The van der Waals surface area contributed by atoms with E-state index in [0.29, 0.717) is 16.6 Å². The van der Waals surface area contributed by atoms with Crippen molar-refractivity contribution in [3.8, 4) is 0 Å². The van der Waals surface area contributed by atoms with E-state index in [0.717, 1.165) is 0 Å². The second-order valence-corrected chi connectivity index (χ2v) is 6.34. The van der Waals surface area contributed by atoms with Gasteiger partial charge < -0.3 is 10.2 Å². The molecule has 24 heavy (non-hydrogen) atoms. The summed E-state index contributed by atoms with van der Waals surface area (Å²) in [5.41, 5.74) is 0.558. The molecule has 0 spiro atoms. The van der Waals surface area contributed by atoms with Crippen LogP contribution >= 0.6 is 15.9 Å². The smallest absolute Gasteiger partial charge is 0.239 e. The average molecular weight is 395 g/mol. The van der Waals surface area contributed by atoms with Gasteiger partial charge >= 0.3 is 0 Å². The highest BCUT2D eigenvalue weighted by Crippen LogP contribution is 2.30. The number of hydrogen-bond donors (Lipinski definition) is 1. The highest BCUT2D eigenvalue weighted by atomic mass is 79.9. The molecule has 3 rings (SSSR count). The third-order valence-electron chi connectivity index (χ3n) is 3.83. The zero-order chi connectivity index (χ0) is 17.3. The van der Waals surface area contributed by atoms with Gasteiger partial charge in [-0.2, -0.15) is 0 Å². The zero-order valence-electron chi connectivity index (χ0n) is 12.4. The molecule has 4 nitrogen and oxygen atoms in total. The van der Waals surface area contributed by atoms with Gasteiger partial charge in [0.2, 0.25) is 11.8 Å². The number of anilines is 2. The first-order valence-corrected chi connectivity index (χ1v) is 8.08. The SMILES string of the molecule is O=C(Nc1ccc(F)cc1)C1CCN(c2ccc(Br)cc2F)C1=O. The van der Waals surface area contributed by atoms with Gasteiger partial charge in [0.25, 0.3) is 0 Å². The second kappa shape index (κ2) is 6.68. The molecule has 0 bridgehead atoms. The standard InChI is InChI=1S/C17H13BrF2N2O2/c18-10-1-6-15(14(20)9-10)22-8-7-13(17(22)24)16(23)21-12-4-2-11(19)3-5-12/h1-6,9,13H,7-8H2,(H,21,23). The molecule has 2 aromatic carbocycles. The van der Waals surface area contributed by atoms with Crippen LogP contribution in [-0.2, 0) is 9.59 Å². The fourth-order valence-electron chi connectivity index (χ4n) is 2.63. The van der Waals surface area contributed by atoms with Crippen LogP contribution in [0.3, 0.4) is 0 Å². The van der Waals surface area contributed by atoms with Crippen molar-refractivity contribution in [2.45, 2.75) is 6.42 Å². The molecular weight excluding hydrogens is 382 g/mol. The van der Waals surface area contributed by atoms with Gasteiger partial charge in [-0.25, -0.2) is 8.78 Å². The van der Waals surface area contributed by atoms with Gasteiger partial charge in [0.05, 0.1) is 5.69 Å². The lowest BCUT2D eigenvalue weighted by Gasteiger charge is -2.17. The minimum Gasteiger partial charge on any atom is -0.325 e. The van der Waals surface area contributed by atoms with Gasteiger partial charge in [0.1, 0.15) is 17.6 Å². The van der Waals surface area contributed by atoms with Crippen molar-refractivity contribution in [3.05, 3.63) is 58.6 Å². The summed E-state index contributed by atoms with van der Waals surface area (Å²) in [5, 5.41) is 2.58. The number of halogens is 3. The Labute approximate surface area is 145 Å². The minimum atomic E-state index is -0.891. The Balaban J connectivity index is 1.73. The topological polar surface area (TPSA) is 49.4 Å². The van der Waals surface area contributed by atoms with E-state index in [9.17, 15) is 18.4 Å². The molecule has 2 amide bonds. The Morgan fingerprint density at radius 3 is 2.54 bits per heavy atom. The van der Waals surface area contributed by atoms with Crippen LogP contribution in [0.25, 0.3) is 0 Å². The molecule has 2 aromatic rings. The molecule has 1 unspecified atom stereocenters. The van der Waals surface area contributed by atoms with Crippen LogP contribution in [0.5, 0.6) is 0 Å². The van der Waals surface area contributed by atoms with Gasteiger partial charge in [0, 0.05) is 16.7 Å². The van der Waals surface area contributed by atoms with E-state index in [-0.39, 0.29) is 12.2 Å².